The monoisotopic (exact) mass is 336 g/mol. The normalized spacial score (nSPS) is 11.2. The van der Waals surface area contributed by atoms with Crippen molar-refractivity contribution in [1.29, 1.82) is 0 Å². The lowest BCUT2D eigenvalue weighted by molar-refractivity contribution is 0.0530. The predicted octanol–water partition coefficient (Wildman–Crippen LogP) is 4.32. The van der Waals surface area contributed by atoms with Gasteiger partial charge in [-0.15, -0.1) is 0 Å². The van der Waals surface area contributed by atoms with Crippen LogP contribution in [-0.4, -0.2) is 22.0 Å². The fourth-order valence-corrected chi connectivity index (χ4v) is 3.94. The van der Waals surface area contributed by atoms with E-state index in [1.54, 1.807) is 0 Å². The van der Waals surface area contributed by atoms with Crippen molar-refractivity contribution in [3.63, 3.8) is 0 Å². The summed E-state index contributed by atoms with van der Waals surface area (Å²) in [6, 6.07) is 18.1. The lowest BCUT2D eigenvalue weighted by Gasteiger charge is -2.06. The molecule has 0 aliphatic rings. The van der Waals surface area contributed by atoms with Crippen LogP contribution in [0.5, 0.6) is 0 Å². The van der Waals surface area contributed by atoms with Crippen molar-refractivity contribution in [3.8, 4) is 0 Å². The largest absolute Gasteiger partial charge is 0.462 e. The number of carbonyl (C=O) groups excluding carboxylic acids is 1. The summed E-state index contributed by atoms with van der Waals surface area (Å²) in [4.78, 5) is 18.5. The van der Waals surface area contributed by atoms with Gasteiger partial charge in [-0.2, -0.15) is 0 Å². The fraction of sp³-hybridized carbons (Fsp3) is 0.158. The van der Waals surface area contributed by atoms with E-state index in [4.69, 9.17) is 4.74 Å². The van der Waals surface area contributed by atoms with Crippen molar-refractivity contribution in [2.24, 2.45) is 0 Å². The van der Waals surface area contributed by atoms with Crippen LogP contribution in [-0.2, 0) is 11.2 Å². The van der Waals surface area contributed by atoms with Crippen LogP contribution in [0.15, 0.2) is 54.6 Å². The van der Waals surface area contributed by atoms with E-state index >= 15 is 0 Å². The summed E-state index contributed by atoms with van der Waals surface area (Å²) in [6.07, 6.45) is 0.662. The van der Waals surface area contributed by atoms with Gasteiger partial charge in [0.15, 0.2) is 4.96 Å². The Balaban J connectivity index is 1.94. The van der Waals surface area contributed by atoms with Gasteiger partial charge in [-0.05, 0) is 24.6 Å². The van der Waals surface area contributed by atoms with Gasteiger partial charge in [0.05, 0.1) is 23.3 Å². The Kier molecular flexibility index (Phi) is 3.78. The highest BCUT2D eigenvalue weighted by Gasteiger charge is 2.22. The van der Waals surface area contributed by atoms with Crippen molar-refractivity contribution in [1.82, 2.24) is 9.38 Å². The summed E-state index contributed by atoms with van der Waals surface area (Å²) < 4.78 is 7.33. The summed E-state index contributed by atoms with van der Waals surface area (Å²) in [7, 11) is 0. The minimum Gasteiger partial charge on any atom is -0.462 e. The van der Waals surface area contributed by atoms with Crippen LogP contribution in [0, 0.1) is 0 Å². The molecule has 24 heavy (non-hydrogen) atoms. The number of imidazole rings is 1. The van der Waals surface area contributed by atoms with Gasteiger partial charge in [-0.25, -0.2) is 9.78 Å². The standard InChI is InChI=1S/C19H16N2O2S/c1-2-23-18(22)17-16(12-13-8-4-3-5-9-13)21-15-11-7-6-10-14(15)20-19(21)24-17/h3-11H,2,12H2,1H3. The number of hydrogen-bond donors (Lipinski definition) is 0. The summed E-state index contributed by atoms with van der Waals surface area (Å²) in [6.45, 7) is 2.19. The van der Waals surface area contributed by atoms with E-state index in [1.165, 1.54) is 11.3 Å². The number of aromatic nitrogens is 2. The molecule has 0 unspecified atom stereocenters. The van der Waals surface area contributed by atoms with E-state index in [1.807, 2.05) is 49.4 Å². The van der Waals surface area contributed by atoms with Gasteiger partial charge in [0, 0.05) is 6.42 Å². The molecule has 120 valence electrons. The van der Waals surface area contributed by atoms with Crippen LogP contribution in [0.4, 0.5) is 0 Å². The number of ether oxygens (including phenoxy) is 1. The van der Waals surface area contributed by atoms with Crippen LogP contribution in [0.3, 0.4) is 0 Å². The van der Waals surface area contributed by atoms with E-state index in [9.17, 15) is 4.79 Å². The second kappa shape index (κ2) is 6.09. The first-order valence-electron chi connectivity index (χ1n) is 7.88. The lowest BCUT2D eigenvalue weighted by atomic mass is 10.1. The number of rotatable bonds is 4. The third-order valence-electron chi connectivity index (χ3n) is 3.93. The molecule has 0 aliphatic carbocycles. The Labute approximate surface area is 143 Å². The number of carbonyl (C=O) groups is 1. The van der Waals surface area contributed by atoms with Crippen LogP contribution in [0.1, 0.15) is 27.9 Å². The van der Waals surface area contributed by atoms with E-state index in [0.717, 1.165) is 27.3 Å². The van der Waals surface area contributed by atoms with Crippen LogP contribution in [0.25, 0.3) is 16.0 Å². The number of benzene rings is 2. The zero-order valence-electron chi connectivity index (χ0n) is 13.2. The van der Waals surface area contributed by atoms with Gasteiger partial charge in [0.25, 0.3) is 0 Å². The minimum absolute atomic E-state index is 0.275. The van der Waals surface area contributed by atoms with E-state index < -0.39 is 0 Å². The zero-order chi connectivity index (χ0) is 16.5. The van der Waals surface area contributed by atoms with Crippen molar-refractivity contribution in [3.05, 3.63) is 70.7 Å². The summed E-state index contributed by atoms with van der Waals surface area (Å²) in [5.74, 6) is -0.275. The maximum Gasteiger partial charge on any atom is 0.350 e. The van der Waals surface area contributed by atoms with E-state index in [-0.39, 0.29) is 5.97 Å². The molecular formula is C19H16N2O2S. The highest BCUT2D eigenvalue weighted by molar-refractivity contribution is 7.19. The molecule has 0 aliphatic heterocycles. The molecule has 2 aromatic carbocycles. The number of esters is 1. The molecule has 0 atom stereocenters. The smallest absolute Gasteiger partial charge is 0.350 e. The van der Waals surface area contributed by atoms with Crippen LogP contribution < -0.4 is 0 Å². The third-order valence-corrected chi connectivity index (χ3v) is 4.99. The summed E-state index contributed by atoms with van der Waals surface area (Å²) in [5.41, 5.74) is 4.05. The number of thiazole rings is 1. The summed E-state index contributed by atoms with van der Waals surface area (Å²) in [5, 5.41) is 0. The van der Waals surface area contributed by atoms with Crippen molar-refractivity contribution in [2.75, 3.05) is 6.61 Å². The average Bonchev–Trinajstić information content (AvgIpc) is 3.13. The Morgan fingerprint density at radius 3 is 2.67 bits per heavy atom. The Bertz CT molecular complexity index is 1020. The average molecular weight is 336 g/mol. The maximum atomic E-state index is 12.4. The zero-order valence-corrected chi connectivity index (χ0v) is 14.0. The predicted molar refractivity (Wildman–Crippen MR) is 95.8 cm³/mol. The van der Waals surface area contributed by atoms with Gasteiger partial charge in [-0.3, -0.25) is 4.40 Å². The van der Waals surface area contributed by atoms with Gasteiger partial charge in [-0.1, -0.05) is 53.8 Å². The molecule has 0 N–H and O–H groups in total. The molecule has 2 aromatic heterocycles. The van der Waals surface area contributed by atoms with Gasteiger partial charge >= 0.3 is 5.97 Å². The molecule has 0 spiro atoms. The first-order valence-corrected chi connectivity index (χ1v) is 8.69. The molecule has 0 saturated heterocycles. The molecule has 0 radical (unpaired) electrons. The topological polar surface area (TPSA) is 43.6 Å². The highest BCUT2D eigenvalue weighted by atomic mass is 32.1. The first-order chi connectivity index (χ1) is 11.8. The van der Waals surface area contributed by atoms with Crippen molar-refractivity contribution in [2.45, 2.75) is 13.3 Å². The quantitative estimate of drug-likeness (QED) is 0.521. The highest BCUT2D eigenvalue weighted by Crippen LogP contribution is 2.30. The Morgan fingerprint density at radius 2 is 1.88 bits per heavy atom. The minimum atomic E-state index is -0.275. The molecule has 2 heterocycles. The molecule has 0 fully saturated rings. The van der Waals surface area contributed by atoms with E-state index in [2.05, 4.69) is 21.5 Å². The summed E-state index contributed by atoms with van der Waals surface area (Å²) >= 11 is 1.39. The van der Waals surface area contributed by atoms with Crippen molar-refractivity contribution < 1.29 is 9.53 Å². The van der Waals surface area contributed by atoms with Gasteiger partial charge < -0.3 is 4.74 Å². The number of para-hydroxylation sites is 2. The van der Waals surface area contributed by atoms with Crippen molar-refractivity contribution >= 4 is 33.3 Å². The molecule has 4 nitrogen and oxygen atoms in total. The molecular weight excluding hydrogens is 320 g/mol. The molecule has 4 aromatic rings. The molecule has 0 bridgehead atoms. The van der Waals surface area contributed by atoms with Crippen LogP contribution >= 0.6 is 11.3 Å². The number of fused-ring (bicyclic) bond motifs is 3. The lowest BCUT2D eigenvalue weighted by Crippen LogP contribution is -2.07. The molecule has 0 saturated carbocycles. The SMILES string of the molecule is CCOC(=O)c1sc2nc3ccccc3n2c1Cc1ccccc1. The number of hydrogen-bond acceptors (Lipinski definition) is 4. The Hall–Kier alpha value is -2.66. The maximum absolute atomic E-state index is 12.4. The molecule has 4 rings (SSSR count). The first kappa shape index (κ1) is 14.9. The van der Waals surface area contributed by atoms with Gasteiger partial charge in [0.2, 0.25) is 0 Å². The Morgan fingerprint density at radius 1 is 1.12 bits per heavy atom. The van der Waals surface area contributed by atoms with E-state index in [0.29, 0.717) is 17.9 Å². The number of nitrogens with zero attached hydrogens (tertiary/aromatic N) is 2. The van der Waals surface area contributed by atoms with Gasteiger partial charge in [0.1, 0.15) is 4.88 Å². The molecule has 5 heteroatoms. The fourth-order valence-electron chi connectivity index (χ4n) is 2.89. The molecule has 0 amide bonds. The van der Waals surface area contributed by atoms with Crippen LogP contribution in [0.2, 0.25) is 0 Å². The second-order valence-corrected chi connectivity index (χ2v) is 6.46. The second-order valence-electron chi connectivity index (χ2n) is 5.48. The third kappa shape index (κ3) is 2.47.